The maximum absolute atomic E-state index is 4.18. The Balaban J connectivity index is 0. The van der Waals surface area contributed by atoms with Gasteiger partial charge in [0.1, 0.15) is 0 Å². The monoisotopic (exact) mass is 210 g/mol. The van der Waals surface area contributed by atoms with E-state index in [1.165, 1.54) is 51.4 Å². The molecule has 0 aliphatic rings. The van der Waals surface area contributed by atoms with Gasteiger partial charge >= 0.3 is 29.6 Å². The van der Waals surface area contributed by atoms with Crippen LogP contribution in [0.4, 0.5) is 0 Å². The Labute approximate surface area is 112 Å². The number of hydrogen-bond donors (Lipinski definition) is 1. The average molecular weight is 210 g/mol. The minimum atomic E-state index is 0. The first-order chi connectivity index (χ1) is 5.91. The van der Waals surface area contributed by atoms with Crippen LogP contribution in [0.1, 0.15) is 57.8 Å². The molecule has 0 aromatic carbocycles. The normalized spacial score (nSPS) is 9.69. The van der Waals surface area contributed by atoms with E-state index < -0.39 is 0 Å². The van der Waals surface area contributed by atoms with Crippen molar-refractivity contribution in [3.8, 4) is 0 Å². The number of rotatable bonds is 9. The predicted octanol–water partition coefficient (Wildman–Crippen LogP) is 1.27. The quantitative estimate of drug-likeness (QED) is 0.252. The molecule has 13 heavy (non-hydrogen) atoms. The zero-order chi connectivity index (χ0) is 9.07. The van der Waals surface area contributed by atoms with E-state index in [0.29, 0.717) is 0 Å². The molecule has 0 fully saturated rings. The third-order valence-corrected chi connectivity index (χ3v) is 2.47. The Kier molecular flexibility index (Phi) is 20.4. The van der Waals surface area contributed by atoms with Crippen LogP contribution in [0.2, 0.25) is 0 Å². The maximum atomic E-state index is 4.18. The molecule has 0 amide bonds. The molecule has 0 aliphatic carbocycles. The molecule has 0 heterocycles. The van der Waals surface area contributed by atoms with Crippen molar-refractivity contribution in [3.63, 3.8) is 0 Å². The third-order valence-electron chi connectivity index (χ3n) is 2.16. The van der Waals surface area contributed by atoms with E-state index in [1.54, 1.807) is 0 Å². The molecule has 0 saturated heterocycles. The van der Waals surface area contributed by atoms with Crippen LogP contribution in [0, 0.1) is 6.92 Å². The van der Waals surface area contributed by atoms with Gasteiger partial charge in [-0.3, -0.25) is 0 Å². The number of unbranched alkanes of at least 4 members (excludes halogenated alkanes) is 8. The molecule has 0 rings (SSSR count). The van der Waals surface area contributed by atoms with Crippen molar-refractivity contribution in [2.24, 2.45) is 0 Å². The number of thiol groups is 1. The first-order valence-electron chi connectivity index (χ1n) is 5.32. The molecule has 0 saturated carbocycles. The average Bonchev–Trinajstić information content (AvgIpc) is 2.10. The van der Waals surface area contributed by atoms with Gasteiger partial charge in [0.25, 0.3) is 0 Å². The van der Waals surface area contributed by atoms with E-state index in [0.717, 1.165) is 12.2 Å². The first-order valence-corrected chi connectivity index (χ1v) is 5.95. The first kappa shape index (κ1) is 16.8. The Hall–Kier alpha value is 1.35. The summed E-state index contributed by atoms with van der Waals surface area (Å²) in [7, 11) is 0. The third kappa shape index (κ3) is 16.1. The van der Waals surface area contributed by atoms with Gasteiger partial charge in [-0.2, -0.15) is 19.0 Å². The molecule has 0 aromatic rings. The Morgan fingerprint density at radius 3 is 1.46 bits per heavy atom. The SMILES string of the molecule is [CH2-]CCCCCCCCCCS.[Na+]. The van der Waals surface area contributed by atoms with E-state index in [9.17, 15) is 0 Å². The molecule has 0 aromatic heterocycles. The van der Waals surface area contributed by atoms with Crippen LogP contribution >= 0.6 is 12.6 Å². The van der Waals surface area contributed by atoms with Crippen molar-refractivity contribution in [1.82, 2.24) is 0 Å². The fraction of sp³-hybridized carbons (Fsp3) is 0.909. The molecule has 0 aliphatic heterocycles. The molecule has 0 atom stereocenters. The van der Waals surface area contributed by atoms with Gasteiger partial charge in [-0.15, -0.1) is 0 Å². The molecule has 74 valence electrons. The second-order valence-electron chi connectivity index (χ2n) is 3.41. The van der Waals surface area contributed by atoms with Gasteiger partial charge in [0.05, 0.1) is 0 Å². The standard InChI is InChI=1S/C11H23S.Na/c1-2-3-4-5-6-7-8-9-10-11-12;/h12H,1-11H2;/q-1;+1. The van der Waals surface area contributed by atoms with Crippen molar-refractivity contribution in [1.29, 1.82) is 0 Å². The fourth-order valence-corrected chi connectivity index (χ4v) is 1.57. The van der Waals surface area contributed by atoms with Crippen molar-refractivity contribution in [2.45, 2.75) is 57.8 Å². The summed E-state index contributed by atoms with van der Waals surface area (Å²) in [4.78, 5) is 0. The van der Waals surface area contributed by atoms with Crippen LogP contribution in [-0.2, 0) is 0 Å². The van der Waals surface area contributed by atoms with Crippen molar-refractivity contribution in [3.05, 3.63) is 6.92 Å². The molecule has 2 heteroatoms. The second-order valence-corrected chi connectivity index (χ2v) is 3.85. The van der Waals surface area contributed by atoms with E-state index in [1.807, 2.05) is 0 Å². The van der Waals surface area contributed by atoms with Gasteiger partial charge in [0, 0.05) is 0 Å². The van der Waals surface area contributed by atoms with Crippen molar-refractivity contribution < 1.29 is 29.6 Å². The zero-order valence-electron chi connectivity index (χ0n) is 9.23. The van der Waals surface area contributed by atoms with Gasteiger partial charge in [-0.25, -0.2) is 0 Å². The maximum Gasteiger partial charge on any atom is 1.00 e. The smallest absolute Gasteiger partial charge is 0.343 e. The van der Waals surface area contributed by atoms with Gasteiger partial charge in [-0.05, 0) is 12.2 Å². The predicted molar refractivity (Wildman–Crippen MR) is 60.8 cm³/mol. The molecule has 0 spiro atoms. The Morgan fingerprint density at radius 2 is 1.08 bits per heavy atom. The van der Waals surface area contributed by atoms with Crippen LogP contribution in [0.15, 0.2) is 0 Å². The zero-order valence-corrected chi connectivity index (χ0v) is 12.1. The fourth-order valence-electron chi connectivity index (χ4n) is 1.35. The summed E-state index contributed by atoms with van der Waals surface area (Å²) in [5, 5.41) is 0. The van der Waals surface area contributed by atoms with Crippen molar-refractivity contribution >= 4 is 12.6 Å². The molecule has 0 N–H and O–H groups in total. The Morgan fingerprint density at radius 1 is 0.692 bits per heavy atom. The summed E-state index contributed by atoms with van der Waals surface area (Å²) >= 11 is 4.18. The summed E-state index contributed by atoms with van der Waals surface area (Å²) in [5.74, 6) is 1.06. The summed E-state index contributed by atoms with van der Waals surface area (Å²) < 4.78 is 0. The molecule has 0 nitrogen and oxygen atoms in total. The van der Waals surface area contributed by atoms with Crippen molar-refractivity contribution in [2.75, 3.05) is 5.75 Å². The minimum absolute atomic E-state index is 0. The van der Waals surface area contributed by atoms with Gasteiger partial charge < -0.3 is 6.92 Å². The van der Waals surface area contributed by atoms with Crippen LogP contribution in [0.5, 0.6) is 0 Å². The molecule has 0 bridgehead atoms. The minimum Gasteiger partial charge on any atom is -0.343 e. The molecular formula is C11H23NaS. The second kappa shape index (κ2) is 15.8. The van der Waals surface area contributed by atoms with Gasteiger partial charge in [0.2, 0.25) is 0 Å². The van der Waals surface area contributed by atoms with Gasteiger partial charge in [0.15, 0.2) is 0 Å². The molecule has 0 unspecified atom stereocenters. The van der Waals surface area contributed by atoms with Gasteiger partial charge in [-0.1, -0.05) is 44.9 Å². The largest absolute Gasteiger partial charge is 1.00 e. The van der Waals surface area contributed by atoms with E-state index >= 15 is 0 Å². The summed E-state index contributed by atoms with van der Waals surface area (Å²) in [6.07, 6.45) is 12.1. The van der Waals surface area contributed by atoms with Crippen LogP contribution in [0.25, 0.3) is 0 Å². The van der Waals surface area contributed by atoms with E-state index in [4.69, 9.17) is 0 Å². The molecule has 0 radical (unpaired) electrons. The number of hydrogen-bond acceptors (Lipinski definition) is 1. The summed E-state index contributed by atoms with van der Waals surface area (Å²) in [6, 6.07) is 0. The van der Waals surface area contributed by atoms with Crippen LogP contribution in [-0.4, -0.2) is 5.75 Å². The summed E-state index contributed by atoms with van der Waals surface area (Å²) in [5.41, 5.74) is 0. The Bertz CT molecular complexity index is 66.5. The molecular weight excluding hydrogens is 187 g/mol. The van der Waals surface area contributed by atoms with E-state index in [2.05, 4.69) is 19.6 Å². The summed E-state index contributed by atoms with van der Waals surface area (Å²) in [6.45, 7) is 3.84. The van der Waals surface area contributed by atoms with Crippen LogP contribution < -0.4 is 29.6 Å². The van der Waals surface area contributed by atoms with Crippen LogP contribution in [0.3, 0.4) is 0 Å². The topological polar surface area (TPSA) is 0 Å². The van der Waals surface area contributed by atoms with E-state index in [-0.39, 0.29) is 29.6 Å².